The van der Waals surface area contributed by atoms with E-state index in [1.807, 2.05) is 6.07 Å². The molecule has 0 bridgehead atoms. The van der Waals surface area contributed by atoms with Crippen LogP contribution >= 0.6 is 0 Å². The predicted octanol–water partition coefficient (Wildman–Crippen LogP) is 3.29. The zero-order valence-electron chi connectivity index (χ0n) is 17.1. The summed E-state index contributed by atoms with van der Waals surface area (Å²) in [6.07, 6.45) is 2.63. The average Bonchev–Trinajstić information content (AvgIpc) is 2.68. The van der Waals surface area contributed by atoms with E-state index in [1.54, 1.807) is 45.0 Å². The Bertz CT molecular complexity index is 903. The number of nitrogens with zero attached hydrogens (tertiary/aromatic N) is 3. The Morgan fingerprint density at radius 1 is 1.13 bits per heavy atom. The van der Waals surface area contributed by atoms with Gasteiger partial charge in [0.15, 0.2) is 11.5 Å². The Labute approximate surface area is 174 Å². The van der Waals surface area contributed by atoms with Gasteiger partial charge in [0.05, 0.1) is 24.7 Å². The van der Waals surface area contributed by atoms with Crippen LogP contribution in [0.5, 0.6) is 5.75 Å². The summed E-state index contributed by atoms with van der Waals surface area (Å²) in [5, 5.41) is 16.6. The lowest BCUT2D eigenvalue weighted by atomic mass is 10.2. The van der Waals surface area contributed by atoms with Crippen molar-refractivity contribution >= 4 is 23.6 Å². The maximum absolute atomic E-state index is 12.2. The third kappa shape index (κ3) is 8.02. The summed E-state index contributed by atoms with van der Waals surface area (Å²) in [6, 6.07) is 8.27. The second-order valence-corrected chi connectivity index (χ2v) is 7.10. The van der Waals surface area contributed by atoms with Crippen LogP contribution in [0.15, 0.2) is 36.7 Å². The molecule has 0 unspecified atom stereocenters. The van der Waals surface area contributed by atoms with Crippen molar-refractivity contribution in [3.8, 4) is 11.8 Å². The van der Waals surface area contributed by atoms with E-state index in [-0.39, 0.29) is 11.5 Å². The highest BCUT2D eigenvalue weighted by molar-refractivity contribution is 6.00. The van der Waals surface area contributed by atoms with E-state index in [2.05, 4.69) is 25.9 Å². The van der Waals surface area contributed by atoms with Gasteiger partial charge in [0.1, 0.15) is 17.4 Å². The van der Waals surface area contributed by atoms with Crippen LogP contribution in [0.3, 0.4) is 0 Å². The molecule has 0 spiro atoms. The smallest absolute Gasteiger partial charge is 0.407 e. The van der Waals surface area contributed by atoms with Gasteiger partial charge >= 0.3 is 12.1 Å². The van der Waals surface area contributed by atoms with Crippen LogP contribution in [-0.4, -0.2) is 40.8 Å². The summed E-state index contributed by atoms with van der Waals surface area (Å²) >= 11 is 0. The summed E-state index contributed by atoms with van der Waals surface area (Å²) in [5.74, 6) is 0.689. The number of hydrogen-bond acceptors (Lipinski definition) is 7. The van der Waals surface area contributed by atoms with Crippen molar-refractivity contribution in [2.24, 2.45) is 0 Å². The fourth-order valence-corrected chi connectivity index (χ4v) is 2.17. The first-order valence-corrected chi connectivity index (χ1v) is 9.25. The number of carbonyl (C=O) groups excluding carboxylic acids is 2. The van der Waals surface area contributed by atoms with E-state index >= 15 is 0 Å². The number of para-hydroxylation sites is 2. The standard InChI is InChI=1S/C20H24N6O4/c1-20(2,3)30-19(28)22-9-6-10-29-16-8-5-4-7-15(16)25-18(27)26-17-13-23-14(11-21)12-24-17/h4-5,7-8,12-13H,6,9-10H2,1-3H3,(H,22,28)(H2,24,25,26,27). The Hall–Kier alpha value is -3.87. The van der Waals surface area contributed by atoms with Crippen molar-refractivity contribution in [1.82, 2.24) is 15.3 Å². The van der Waals surface area contributed by atoms with Crippen LogP contribution in [0, 0.1) is 11.3 Å². The van der Waals surface area contributed by atoms with E-state index in [0.717, 1.165) is 0 Å². The molecule has 0 fully saturated rings. The average molecular weight is 412 g/mol. The number of rotatable bonds is 7. The summed E-state index contributed by atoms with van der Waals surface area (Å²) in [6.45, 7) is 6.11. The minimum absolute atomic E-state index is 0.154. The molecule has 1 heterocycles. The van der Waals surface area contributed by atoms with Crippen molar-refractivity contribution < 1.29 is 19.1 Å². The number of ether oxygens (including phenoxy) is 2. The van der Waals surface area contributed by atoms with Crippen molar-refractivity contribution in [2.75, 3.05) is 23.8 Å². The second kappa shape index (κ2) is 10.6. The molecule has 3 N–H and O–H groups in total. The first-order valence-electron chi connectivity index (χ1n) is 9.25. The molecule has 0 saturated heterocycles. The van der Waals surface area contributed by atoms with Gasteiger partial charge in [-0.3, -0.25) is 5.32 Å². The van der Waals surface area contributed by atoms with Crippen LogP contribution < -0.4 is 20.7 Å². The van der Waals surface area contributed by atoms with Crippen LogP contribution in [0.4, 0.5) is 21.1 Å². The molecule has 0 radical (unpaired) electrons. The van der Waals surface area contributed by atoms with Crippen molar-refractivity contribution in [2.45, 2.75) is 32.8 Å². The molecule has 0 aliphatic carbocycles. The molecule has 10 heteroatoms. The van der Waals surface area contributed by atoms with Gasteiger partial charge in [-0.15, -0.1) is 0 Å². The largest absolute Gasteiger partial charge is 0.491 e. The zero-order valence-corrected chi connectivity index (χ0v) is 17.1. The summed E-state index contributed by atoms with van der Waals surface area (Å²) < 4.78 is 10.9. The number of hydrogen-bond donors (Lipinski definition) is 3. The number of nitriles is 1. The summed E-state index contributed by atoms with van der Waals surface area (Å²) in [7, 11) is 0. The second-order valence-electron chi connectivity index (χ2n) is 7.10. The number of nitrogens with one attached hydrogen (secondary N) is 3. The predicted molar refractivity (Wildman–Crippen MR) is 110 cm³/mol. The van der Waals surface area contributed by atoms with E-state index in [0.29, 0.717) is 31.0 Å². The van der Waals surface area contributed by atoms with Crippen LogP contribution in [0.25, 0.3) is 0 Å². The third-order valence-electron chi connectivity index (χ3n) is 3.39. The van der Waals surface area contributed by atoms with E-state index in [4.69, 9.17) is 14.7 Å². The molecule has 0 saturated carbocycles. The molecule has 2 aromatic rings. The van der Waals surface area contributed by atoms with Crippen LogP contribution in [0.1, 0.15) is 32.9 Å². The van der Waals surface area contributed by atoms with Crippen LogP contribution in [0.2, 0.25) is 0 Å². The normalized spacial score (nSPS) is 10.5. The van der Waals surface area contributed by atoms with Crippen molar-refractivity contribution in [3.63, 3.8) is 0 Å². The highest BCUT2D eigenvalue weighted by Gasteiger charge is 2.15. The number of amides is 3. The van der Waals surface area contributed by atoms with Gasteiger partial charge in [0.2, 0.25) is 0 Å². The fourth-order valence-electron chi connectivity index (χ4n) is 2.17. The number of benzene rings is 1. The van der Waals surface area contributed by atoms with Gasteiger partial charge in [0, 0.05) is 6.54 Å². The maximum atomic E-state index is 12.2. The molecule has 1 aromatic heterocycles. The lowest BCUT2D eigenvalue weighted by Crippen LogP contribution is -2.33. The van der Waals surface area contributed by atoms with E-state index in [9.17, 15) is 9.59 Å². The molecular formula is C20H24N6O4. The van der Waals surface area contributed by atoms with Gasteiger partial charge in [0.25, 0.3) is 0 Å². The van der Waals surface area contributed by atoms with E-state index in [1.165, 1.54) is 12.4 Å². The van der Waals surface area contributed by atoms with Gasteiger partial charge in [-0.2, -0.15) is 5.26 Å². The first-order chi connectivity index (χ1) is 14.3. The first kappa shape index (κ1) is 22.4. The molecule has 1 aromatic carbocycles. The number of urea groups is 1. The topological polar surface area (TPSA) is 138 Å². The number of anilines is 2. The van der Waals surface area contributed by atoms with Gasteiger partial charge in [-0.1, -0.05) is 12.1 Å². The molecule has 10 nitrogen and oxygen atoms in total. The van der Waals surface area contributed by atoms with Crippen molar-refractivity contribution in [1.29, 1.82) is 5.26 Å². The zero-order chi connectivity index (χ0) is 22.0. The minimum atomic E-state index is -0.547. The van der Waals surface area contributed by atoms with Crippen molar-refractivity contribution in [3.05, 3.63) is 42.4 Å². The highest BCUT2D eigenvalue weighted by atomic mass is 16.6. The minimum Gasteiger partial charge on any atom is -0.491 e. The third-order valence-corrected chi connectivity index (χ3v) is 3.39. The molecule has 0 aliphatic heterocycles. The summed E-state index contributed by atoms with van der Waals surface area (Å²) in [5.41, 5.74) is 0.0762. The van der Waals surface area contributed by atoms with Crippen LogP contribution in [-0.2, 0) is 4.74 Å². The lowest BCUT2D eigenvalue weighted by molar-refractivity contribution is 0.0525. The Balaban J connectivity index is 1.80. The number of carbonyl (C=O) groups is 2. The SMILES string of the molecule is CC(C)(C)OC(=O)NCCCOc1ccccc1NC(=O)Nc1cnc(C#N)cn1. The molecule has 2 rings (SSSR count). The molecule has 30 heavy (non-hydrogen) atoms. The Morgan fingerprint density at radius 2 is 1.90 bits per heavy atom. The van der Waals surface area contributed by atoms with Gasteiger partial charge in [-0.25, -0.2) is 19.6 Å². The molecular weight excluding hydrogens is 388 g/mol. The highest BCUT2D eigenvalue weighted by Crippen LogP contribution is 2.24. The Kier molecular flexibility index (Phi) is 7.93. The summed E-state index contributed by atoms with van der Waals surface area (Å²) in [4.78, 5) is 31.5. The number of alkyl carbamates (subject to hydrolysis) is 1. The number of aromatic nitrogens is 2. The van der Waals surface area contributed by atoms with Gasteiger partial charge in [-0.05, 0) is 39.3 Å². The quantitative estimate of drug-likeness (QED) is 0.593. The molecule has 158 valence electrons. The molecule has 0 aliphatic rings. The Morgan fingerprint density at radius 3 is 2.57 bits per heavy atom. The van der Waals surface area contributed by atoms with Gasteiger partial charge < -0.3 is 20.1 Å². The monoisotopic (exact) mass is 412 g/mol. The molecule has 3 amide bonds. The molecule has 0 atom stereocenters. The maximum Gasteiger partial charge on any atom is 0.407 e. The lowest BCUT2D eigenvalue weighted by Gasteiger charge is -2.19. The van der Waals surface area contributed by atoms with E-state index < -0.39 is 17.7 Å². The fraction of sp³-hybridized carbons (Fsp3) is 0.350.